The number of rotatable bonds is 3. The highest BCUT2D eigenvalue weighted by molar-refractivity contribution is 6.25. The number of primary amides is 1. The van der Waals surface area contributed by atoms with Gasteiger partial charge in [0.15, 0.2) is 0 Å². The maximum atomic E-state index is 13.6. The molecule has 0 saturated heterocycles. The summed E-state index contributed by atoms with van der Waals surface area (Å²) in [6.07, 6.45) is 0. The van der Waals surface area contributed by atoms with Crippen LogP contribution in [-0.4, -0.2) is 16.8 Å². The number of nitrogens with zero attached hydrogens (tertiary/aromatic N) is 1. The van der Waals surface area contributed by atoms with Crippen LogP contribution in [0.15, 0.2) is 78.9 Å². The number of amides is 2. The van der Waals surface area contributed by atoms with Gasteiger partial charge in [0.2, 0.25) is 0 Å². The molecule has 160 valence electrons. The second kappa shape index (κ2) is 7.07. The Hall–Kier alpha value is -4.38. The van der Waals surface area contributed by atoms with Crippen molar-refractivity contribution in [3.63, 3.8) is 0 Å². The van der Waals surface area contributed by atoms with E-state index in [1.807, 2.05) is 85.8 Å². The summed E-state index contributed by atoms with van der Waals surface area (Å²) < 4.78 is 0. The van der Waals surface area contributed by atoms with Gasteiger partial charge in [-0.1, -0.05) is 66.7 Å². The number of nitrogens with one attached hydrogen (secondary N) is 1. The molecule has 2 amide bonds. The monoisotopic (exact) mass is 431 g/mol. The molecule has 5 aromatic rings. The Balaban J connectivity index is 1.79. The number of aromatic amines is 1. The molecule has 6 rings (SSSR count). The molecule has 5 heteroatoms. The molecule has 5 nitrogen and oxygen atoms in total. The Kier molecular flexibility index (Phi) is 4.14. The Morgan fingerprint density at radius 3 is 2.39 bits per heavy atom. The quantitative estimate of drug-likeness (QED) is 0.392. The number of carbonyl (C=O) groups excluding carboxylic acids is 2. The largest absolute Gasteiger partial charge is 0.366 e. The van der Waals surface area contributed by atoms with Crippen LogP contribution in [-0.2, 0) is 6.54 Å². The van der Waals surface area contributed by atoms with Gasteiger partial charge in [0, 0.05) is 27.4 Å². The molecule has 0 fully saturated rings. The van der Waals surface area contributed by atoms with Crippen molar-refractivity contribution in [3.8, 4) is 11.1 Å². The Labute approximate surface area is 190 Å². The fraction of sp³-hybridized carbons (Fsp3) is 0.0714. The van der Waals surface area contributed by atoms with Crippen LogP contribution in [0.4, 0.5) is 5.69 Å². The molecule has 0 radical (unpaired) electrons. The number of hydrogen-bond acceptors (Lipinski definition) is 2. The van der Waals surface area contributed by atoms with Gasteiger partial charge in [-0.05, 0) is 35.7 Å². The van der Waals surface area contributed by atoms with E-state index in [1.54, 1.807) is 4.90 Å². The molecule has 4 aromatic carbocycles. The summed E-state index contributed by atoms with van der Waals surface area (Å²) in [5.74, 6) is -0.588. The average Bonchev–Trinajstić information content (AvgIpc) is 3.36. The summed E-state index contributed by atoms with van der Waals surface area (Å²) >= 11 is 0. The fourth-order valence-electron chi connectivity index (χ4n) is 5.17. The molecule has 3 N–H and O–H groups in total. The molecule has 0 saturated carbocycles. The first-order valence-corrected chi connectivity index (χ1v) is 10.9. The number of hydrogen-bond donors (Lipinski definition) is 2. The van der Waals surface area contributed by atoms with Crippen LogP contribution in [0.5, 0.6) is 0 Å². The van der Waals surface area contributed by atoms with E-state index in [-0.39, 0.29) is 5.91 Å². The Morgan fingerprint density at radius 2 is 1.64 bits per heavy atom. The summed E-state index contributed by atoms with van der Waals surface area (Å²) in [5.41, 5.74) is 12.9. The van der Waals surface area contributed by atoms with Gasteiger partial charge >= 0.3 is 0 Å². The van der Waals surface area contributed by atoms with Gasteiger partial charge in [-0.2, -0.15) is 0 Å². The topological polar surface area (TPSA) is 79.2 Å². The minimum atomic E-state index is -0.519. The van der Waals surface area contributed by atoms with Gasteiger partial charge in [0.25, 0.3) is 11.8 Å². The molecule has 0 spiro atoms. The van der Waals surface area contributed by atoms with E-state index in [0.29, 0.717) is 28.8 Å². The van der Waals surface area contributed by atoms with Crippen LogP contribution < -0.4 is 10.6 Å². The molecule has 2 heterocycles. The van der Waals surface area contributed by atoms with Crippen LogP contribution in [0.3, 0.4) is 0 Å². The third-order valence-electron chi connectivity index (χ3n) is 6.57. The standard InChI is InChI=1S/C28H21N3O2/c1-16-22(27(29)32)25-24(20-13-7-8-14-21(20)30-25)23(17-9-3-2-4-10-17)26(16)31-15-18-11-5-6-12-19(18)28(31)33/h2-14,30H,15H2,1H3,(H2,29,32). The number of carbonyl (C=O) groups is 2. The number of para-hydroxylation sites is 1. The van der Waals surface area contributed by atoms with E-state index in [9.17, 15) is 9.59 Å². The normalized spacial score (nSPS) is 13.1. The molecular formula is C28H21N3O2. The van der Waals surface area contributed by atoms with Crippen molar-refractivity contribution < 1.29 is 9.59 Å². The highest BCUT2D eigenvalue weighted by Crippen LogP contribution is 2.47. The van der Waals surface area contributed by atoms with Crippen LogP contribution in [0.1, 0.15) is 31.8 Å². The van der Waals surface area contributed by atoms with Crippen LogP contribution in [0.25, 0.3) is 32.9 Å². The lowest BCUT2D eigenvalue weighted by Gasteiger charge is -2.25. The van der Waals surface area contributed by atoms with E-state index in [1.165, 1.54) is 0 Å². The third-order valence-corrected chi connectivity index (χ3v) is 6.57. The SMILES string of the molecule is Cc1c(N2Cc3ccccc3C2=O)c(-c2ccccc2)c2c([nH]c3ccccc32)c1C(N)=O. The number of benzene rings is 4. The van der Waals surface area contributed by atoms with Crippen LogP contribution in [0, 0.1) is 6.92 Å². The summed E-state index contributed by atoms with van der Waals surface area (Å²) in [4.78, 5) is 31.5. The molecule has 0 atom stereocenters. The van der Waals surface area contributed by atoms with Crippen LogP contribution >= 0.6 is 0 Å². The molecule has 0 aliphatic carbocycles. The van der Waals surface area contributed by atoms with Crippen molar-refractivity contribution in [3.05, 3.63) is 101 Å². The van der Waals surface area contributed by atoms with E-state index in [4.69, 9.17) is 5.73 Å². The maximum Gasteiger partial charge on any atom is 0.258 e. The van der Waals surface area contributed by atoms with Gasteiger partial charge in [0.1, 0.15) is 0 Å². The molecule has 1 aliphatic rings. The first kappa shape index (κ1) is 19.3. The zero-order valence-corrected chi connectivity index (χ0v) is 18.1. The summed E-state index contributed by atoms with van der Waals surface area (Å²) in [6, 6.07) is 25.6. The highest BCUT2D eigenvalue weighted by atomic mass is 16.2. The second-order valence-electron chi connectivity index (χ2n) is 8.42. The predicted octanol–water partition coefficient (Wildman–Crippen LogP) is 5.56. The molecule has 0 bridgehead atoms. The summed E-state index contributed by atoms with van der Waals surface area (Å²) in [6.45, 7) is 2.32. The summed E-state index contributed by atoms with van der Waals surface area (Å²) in [7, 11) is 0. The second-order valence-corrected chi connectivity index (χ2v) is 8.42. The van der Waals surface area contributed by atoms with E-state index < -0.39 is 5.91 Å². The minimum absolute atomic E-state index is 0.0690. The lowest BCUT2D eigenvalue weighted by Crippen LogP contribution is -2.26. The number of H-pyrrole nitrogens is 1. The van der Waals surface area contributed by atoms with Crippen molar-refractivity contribution >= 4 is 39.3 Å². The number of fused-ring (bicyclic) bond motifs is 4. The van der Waals surface area contributed by atoms with Gasteiger partial charge in [0.05, 0.1) is 23.3 Å². The van der Waals surface area contributed by atoms with E-state index in [0.717, 1.165) is 38.7 Å². The summed E-state index contributed by atoms with van der Waals surface area (Å²) in [5, 5.41) is 1.88. The Bertz CT molecular complexity index is 1600. The van der Waals surface area contributed by atoms with Crippen molar-refractivity contribution in [1.82, 2.24) is 4.98 Å². The lowest BCUT2D eigenvalue weighted by atomic mass is 9.90. The highest BCUT2D eigenvalue weighted by Gasteiger charge is 2.34. The van der Waals surface area contributed by atoms with Crippen molar-refractivity contribution in [2.45, 2.75) is 13.5 Å². The van der Waals surface area contributed by atoms with Gasteiger partial charge in [-0.25, -0.2) is 0 Å². The maximum absolute atomic E-state index is 13.6. The smallest absolute Gasteiger partial charge is 0.258 e. The zero-order chi connectivity index (χ0) is 22.7. The predicted molar refractivity (Wildman–Crippen MR) is 131 cm³/mol. The van der Waals surface area contributed by atoms with Crippen LogP contribution in [0.2, 0.25) is 0 Å². The van der Waals surface area contributed by atoms with E-state index in [2.05, 4.69) is 4.98 Å². The lowest BCUT2D eigenvalue weighted by molar-refractivity contribution is 0.0987. The first-order chi connectivity index (χ1) is 16.1. The van der Waals surface area contributed by atoms with Gasteiger partial charge in [-0.3, -0.25) is 9.59 Å². The van der Waals surface area contributed by atoms with E-state index >= 15 is 0 Å². The molecular weight excluding hydrogens is 410 g/mol. The fourth-order valence-corrected chi connectivity index (χ4v) is 5.17. The Morgan fingerprint density at radius 1 is 0.939 bits per heavy atom. The van der Waals surface area contributed by atoms with Crippen molar-refractivity contribution in [2.75, 3.05) is 4.90 Å². The minimum Gasteiger partial charge on any atom is -0.366 e. The van der Waals surface area contributed by atoms with Gasteiger partial charge < -0.3 is 15.6 Å². The zero-order valence-electron chi connectivity index (χ0n) is 18.1. The first-order valence-electron chi connectivity index (χ1n) is 10.9. The number of anilines is 1. The molecule has 1 aliphatic heterocycles. The molecule has 1 aromatic heterocycles. The van der Waals surface area contributed by atoms with Gasteiger partial charge in [-0.15, -0.1) is 0 Å². The third kappa shape index (κ3) is 2.72. The number of nitrogens with two attached hydrogens (primary N) is 1. The van der Waals surface area contributed by atoms with Crippen molar-refractivity contribution in [2.24, 2.45) is 5.73 Å². The van der Waals surface area contributed by atoms with Crippen molar-refractivity contribution in [1.29, 1.82) is 0 Å². The molecule has 0 unspecified atom stereocenters. The molecule has 33 heavy (non-hydrogen) atoms. The average molecular weight is 431 g/mol. The number of aromatic nitrogens is 1.